The van der Waals surface area contributed by atoms with Gasteiger partial charge in [0.2, 0.25) is 11.8 Å². The number of rotatable bonds is 6. The third kappa shape index (κ3) is 2.79. The summed E-state index contributed by atoms with van der Waals surface area (Å²) >= 11 is 0. The zero-order valence-electron chi connectivity index (χ0n) is 16.7. The average molecular weight is 410 g/mol. The van der Waals surface area contributed by atoms with E-state index in [-0.39, 0.29) is 11.8 Å². The summed E-state index contributed by atoms with van der Waals surface area (Å²) in [6, 6.07) is 8.76. The SMILES string of the molecule is COc1ccc(NC(=O)[C@H]2[C@H]3C(=O)N(Cc4ccco4)C[C@]34C=C[C@H]2O4)c(OC)c1. The maximum absolute atomic E-state index is 13.2. The van der Waals surface area contributed by atoms with Crippen LogP contribution in [0.3, 0.4) is 0 Å². The van der Waals surface area contributed by atoms with Crippen LogP contribution in [0, 0.1) is 11.8 Å². The van der Waals surface area contributed by atoms with Crippen molar-refractivity contribution in [2.75, 3.05) is 26.1 Å². The highest BCUT2D eigenvalue weighted by molar-refractivity contribution is 6.00. The van der Waals surface area contributed by atoms with Gasteiger partial charge in [-0.05, 0) is 24.3 Å². The fraction of sp³-hybridized carbons (Fsp3) is 0.364. The number of amides is 2. The molecule has 1 aromatic heterocycles. The van der Waals surface area contributed by atoms with Crippen molar-refractivity contribution < 1.29 is 28.2 Å². The van der Waals surface area contributed by atoms with Crippen LogP contribution in [0.2, 0.25) is 0 Å². The molecule has 0 aliphatic carbocycles. The Morgan fingerprint density at radius 2 is 2.17 bits per heavy atom. The van der Waals surface area contributed by atoms with E-state index in [4.69, 9.17) is 18.6 Å². The lowest BCUT2D eigenvalue weighted by molar-refractivity contribution is -0.136. The predicted octanol–water partition coefficient (Wildman–Crippen LogP) is 2.22. The van der Waals surface area contributed by atoms with Crippen molar-refractivity contribution in [1.82, 2.24) is 4.90 Å². The number of nitrogens with one attached hydrogen (secondary N) is 1. The highest BCUT2D eigenvalue weighted by atomic mass is 16.5. The topological polar surface area (TPSA) is 90.2 Å². The van der Waals surface area contributed by atoms with Crippen molar-refractivity contribution in [3.05, 3.63) is 54.5 Å². The summed E-state index contributed by atoms with van der Waals surface area (Å²) in [4.78, 5) is 28.2. The molecule has 0 saturated carbocycles. The van der Waals surface area contributed by atoms with E-state index in [1.54, 1.807) is 42.5 Å². The average Bonchev–Trinajstić information content (AvgIpc) is 3.52. The first-order valence-corrected chi connectivity index (χ1v) is 9.76. The third-order valence-corrected chi connectivity index (χ3v) is 6.07. The van der Waals surface area contributed by atoms with Crippen LogP contribution in [0.1, 0.15) is 5.76 Å². The molecule has 1 N–H and O–H groups in total. The molecule has 2 fully saturated rings. The Kier molecular flexibility index (Phi) is 4.32. The maximum atomic E-state index is 13.2. The number of fused-ring (bicyclic) bond motifs is 1. The normalized spacial score (nSPS) is 28.7. The summed E-state index contributed by atoms with van der Waals surface area (Å²) < 4.78 is 22.1. The van der Waals surface area contributed by atoms with E-state index < -0.39 is 23.5 Å². The van der Waals surface area contributed by atoms with Crippen LogP contribution in [0.4, 0.5) is 5.69 Å². The number of carbonyl (C=O) groups is 2. The maximum Gasteiger partial charge on any atom is 0.231 e. The zero-order chi connectivity index (χ0) is 20.9. The van der Waals surface area contributed by atoms with Gasteiger partial charge in [-0.1, -0.05) is 12.2 Å². The molecule has 4 heterocycles. The Balaban J connectivity index is 1.38. The van der Waals surface area contributed by atoms with E-state index in [2.05, 4.69) is 5.32 Å². The molecule has 2 saturated heterocycles. The number of furan rings is 1. The molecule has 3 aliphatic rings. The number of ether oxygens (including phenoxy) is 3. The second-order valence-corrected chi connectivity index (χ2v) is 7.73. The van der Waals surface area contributed by atoms with Gasteiger partial charge >= 0.3 is 0 Å². The molecule has 3 aliphatic heterocycles. The largest absolute Gasteiger partial charge is 0.497 e. The fourth-order valence-corrected chi connectivity index (χ4v) is 4.72. The van der Waals surface area contributed by atoms with E-state index in [0.717, 1.165) is 0 Å². The third-order valence-electron chi connectivity index (χ3n) is 6.07. The molecule has 5 rings (SSSR count). The lowest BCUT2D eigenvalue weighted by atomic mass is 9.76. The van der Waals surface area contributed by atoms with Gasteiger partial charge in [0, 0.05) is 6.07 Å². The van der Waals surface area contributed by atoms with Crippen molar-refractivity contribution in [3.63, 3.8) is 0 Å². The molecule has 30 heavy (non-hydrogen) atoms. The zero-order valence-corrected chi connectivity index (χ0v) is 16.7. The minimum absolute atomic E-state index is 0.0971. The molecule has 2 amide bonds. The molecule has 2 aromatic rings. The monoisotopic (exact) mass is 410 g/mol. The summed E-state index contributed by atoms with van der Waals surface area (Å²) in [6.45, 7) is 0.756. The quantitative estimate of drug-likeness (QED) is 0.735. The number of anilines is 1. The van der Waals surface area contributed by atoms with E-state index in [9.17, 15) is 9.59 Å². The number of benzene rings is 1. The molecule has 8 heteroatoms. The van der Waals surface area contributed by atoms with Gasteiger partial charge in [0.1, 0.15) is 22.9 Å². The smallest absolute Gasteiger partial charge is 0.231 e. The van der Waals surface area contributed by atoms with E-state index >= 15 is 0 Å². The van der Waals surface area contributed by atoms with Crippen molar-refractivity contribution >= 4 is 17.5 Å². The molecule has 156 valence electrons. The second kappa shape index (κ2) is 6.91. The fourth-order valence-electron chi connectivity index (χ4n) is 4.72. The van der Waals surface area contributed by atoms with Crippen molar-refractivity contribution in [2.45, 2.75) is 18.2 Å². The Bertz CT molecular complexity index is 1020. The van der Waals surface area contributed by atoms with Gasteiger partial charge in [-0.2, -0.15) is 0 Å². The number of likely N-dealkylation sites (tertiary alicyclic amines) is 1. The molecule has 8 nitrogen and oxygen atoms in total. The van der Waals surface area contributed by atoms with Crippen molar-refractivity contribution in [1.29, 1.82) is 0 Å². The molecular formula is C22H22N2O6. The van der Waals surface area contributed by atoms with Crippen molar-refractivity contribution in [2.24, 2.45) is 11.8 Å². The predicted molar refractivity (Wildman–Crippen MR) is 106 cm³/mol. The van der Waals surface area contributed by atoms with E-state index in [1.165, 1.54) is 7.11 Å². The Morgan fingerprint density at radius 3 is 2.90 bits per heavy atom. The minimum atomic E-state index is -0.764. The first-order chi connectivity index (χ1) is 14.5. The van der Waals surface area contributed by atoms with Crippen molar-refractivity contribution in [3.8, 4) is 11.5 Å². The summed E-state index contributed by atoms with van der Waals surface area (Å²) in [6.07, 6.45) is 4.97. The van der Waals surface area contributed by atoms with Gasteiger partial charge in [0.25, 0.3) is 0 Å². The standard InChI is InChI=1S/C22H22N2O6/c1-27-13-5-6-15(17(10-13)28-2)23-20(25)18-16-7-8-22(30-16)12-24(21(26)19(18)22)11-14-4-3-9-29-14/h3-10,16,18-19H,11-12H2,1-2H3,(H,23,25)/t16-,18-,19+,22-/m1/s1. The summed E-state index contributed by atoms with van der Waals surface area (Å²) in [5.41, 5.74) is -0.248. The summed E-state index contributed by atoms with van der Waals surface area (Å²) in [5, 5.41) is 2.91. The van der Waals surface area contributed by atoms with Crippen LogP contribution >= 0.6 is 0 Å². The van der Waals surface area contributed by atoms with E-state index in [0.29, 0.717) is 36.0 Å². The van der Waals surface area contributed by atoms with Gasteiger partial charge < -0.3 is 28.8 Å². The van der Waals surface area contributed by atoms with Crippen LogP contribution in [-0.4, -0.2) is 49.2 Å². The number of nitrogens with zero attached hydrogens (tertiary/aromatic N) is 1. The number of hydrogen-bond donors (Lipinski definition) is 1. The van der Waals surface area contributed by atoms with Gasteiger partial charge in [-0.25, -0.2) is 0 Å². The van der Waals surface area contributed by atoms with Gasteiger partial charge in [0.05, 0.1) is 57.2 Å². The highest BCUT2D eigenvalue weighted by Crippen LogP contribution is 2.52. The van der Waals surface area contributed by atoms with Gasteiger partial charge in [-0.15, -0.1) is 0 Å². The molecule has 2 bridgehead atoms. The number of carbonyl (C=O) groups excluding carboxylic acids is 2. The molecule has 4 atom stereocenters. The Hall–Kier alpha value is -3.26. The van der Waals surface area contributed by atoms with Crippen LogP contribution in [0.5, 0.6) is 11.5 Å². The van der Waals surface area contributed by atoms with Crippen LogP contribution in [0.15, 0.2) is 53.2 Å². The summed E-state index contributed by atoms with van der Waals surface area (Å²) in [5.74, 6) is 0.251. The van der Waals surface area contributed by atoms with Crippen LogP contribution < -0.4 is 14.8 Å². The molecule has 0 radical (unpaired) electrons. The molecular weight excluding hydrogens is 388 g/mol. The molecule has 0 unspecified atom stereocenters. The number of methoxy groups -OCH3 is 2. The molecule has 1 aromatic carbocycles. The van der Waals surface area contributed by atoms with Gasteiger partial charge in [0.15, 0.2) is 0 Å². The summed E-state index contributed by atoms with van der Waals surface area (Å²) in [7, 11) is 3.08. The highest BCUT2D eigenvalue weighted by Gasteiger charge is 2.66. The number of hydrogen-bond acceptors (Lipinski definition) is 6. The molecule has 1 spiro atoms. The van der Waals surface area contributed by atoms with Crippen LogP contribution in [0.25, 0.3) is 0 Å². The second-order valence-electron chi connectivity index (χ2n) is 7.73. The van der Waals surface area contributed by atoms with Gasteiger partial charge in [-0.3, -0.25) is 9.59 Å². The van der Waals surface area contributed by atoms with E-state index in [1.807, 2.05) is 18.2 Å². The first-order valence-electron chi connectivity index (χ1n) is 9.76. The first kappa shape index (κ1) is 18.7. The lowest BCUT2D eigenvalue weighted by Crippen LogP contribution is -2.41. The Labute approximate surface area is 173 Å². The minimum Gasteiger partial charge on any atom is -0.497 e. The lowest BCUT2D eigenvalue weighted by Gasteiger charge is -2.24. The van der Waals surface area contributed by atoms with Crippen LogP contribution in [-0.2, 0) is 20.9 Å². The Morgan fingerprint density at radius 1 is 1.30 bits per heavy atom.